The smallest absolute Gasteiger partial charge is 0.371 e. The molecular formula is C24H33F5N2. The highest BCUT2D eigenvalue weighted by Crippen LogP contribution is 2.42. The van der Waals surface area contributed by atoms with Gasteiger partial charge in [0, 0.05) is 50.1 Å². The maximum absolute atomic E-state index is 13.5. The summed E-state index contributed by atoms with van der Waals surface area (Å²) in [6.45, 7) is 6.14. The maximum atomic E-state index is 13.5. The van der Waals surface area contributed by atoms with Crippen molar-refractivity contribution >= 4 is 5.69 Å². The molecule has 31 heavy (non-hydrogen) atoms. The molecule has 174 valence electrons. The molecule has 1 atom stereocenters. The van der Waals surface area contributed by atoms with Gasteiger partial charge in [0.1, 0.15) is 0 Å². The molecule has 0 spiro atoms. The molecule has 1 unspecified atom stereocenters. The highest BCUT2D eigenvalue weighted by Gasteiger charge is 2.41. The Hall–Kier alpha value is -1.63. The van der Waals surface area contributed by atoms with Crippen LogP contribution in [0.25, 0.3) is 0 Å². The van der Waals surface area contributed by atoms with Gasteiger partial charge in [-0.3, -0.25) is 0 Å². The van der Waals surface area contributed by atoms with E-state index in [9.17, 15) is 22.0 Å². The minimum Gasteiger partial charge on any atom is -0.371 e. The second kappa shape index (κ2) is 9.47. The van der Waals surface area contributed by atoms with Crippen LogP contribution in [0, 0.1) is 5.41 Å². The monoisotopic (exact) mass is 444 g/mol. The van der Waals surface area contributed by atoms with Gasteiger partial charge in [-0.15, -0.1) is 0 Å². The van der Waals surface area contributed by atoms with Crippen LogP contribution >= 0.6 is 0 Å². The van der Waals surface area contributed by atoms with Crippen LogP contribution in [0.1, 0.15) is 51.5 Å². The summed E-state index contributed by atoms with van der Waals surface area (Å²) in [4.78, 5) is 3.93. The predicted octanol–water partition coefficient (Wildman–Crippen LogP) is 6.47. The van der Waals surface area contributed by atoms with Crippen LogP contribution in [0.5, 0.6) is 0 Å². The number of rotatable bonds is 7. The van der Waals surface area contributed by atoms with Gasteiger partial charge in [-0.2, -0.15) is 13.2 Å². The zero-order valence-electron chi connectivity index (χ0n) is 18.4. The van der Waals surface area contributed by atoms with Crippen LogP contribution in [0.2, 0.25) is 0 Å². The van der Waals surface area contributed by atoms with E-state index in [0.29, 0.717) is 26.2 Å². The van der Waals surface area contributed by atoms with Gasteiger partial charge in [-0.05, 0) is 50.4 Å². The molecule has 0 aliphatic carbocycles. The summed E-state index contributed by atoms with van der Waals surface area (Å²) in [5.41, 5.74) is 3.10. The van der Waals surface area contributed by atoms with E-state index in [1.54, 1.807) is 0 Å². The first kappa shape index (κ1) is 24.0. The molecule has 2 aliphatic rings. The summed E-state index contributed by atoms with van der Waals surface area (Å²) in [6, 6.07) is 8.03. The molecule has 1 aromatic carbocycles. The van der Waals surface area contributed by atoms with Crippen molar-refractivity contribution < 1.29 is 22.0 Å². The van der Waals surface area contributed by atoms with Crippen molar-refractivity contribution in [3.8, 4) is 0 Å². The topological polar surface area (TPSA) is 6.48 Å². The number of nitrogens with zero attached hydrogens (tertiary/aromatic N) is 2. The molecule has 3 rings (SSSR count). The van der Waals surface area contributed by atoms with Crippen LogP contribution in [0.15, 0.2) is 35.9 Å². The highest BCUT2D eigenvalue weighted by molar-refractivity contribution is 5.49. The Labute approximate surface area is 182 Å². The lowest BCUT2D eigenvalue weighted by Crippen LogP contribution is -2.39. The molecule has 0 aromatic heterocycles. The summed E-state index contributed by atoms with van der Waals surface area (Å²) in [6.07, 6.45) is -0.541. The Bertz CT molecular complexity index is 763. The first-order valence-corrected chi connectivity index (χ1v) is 11.2. The van der Waals surface area contributed by atoms with Crippen LogP contribution < -0.4 is 4.90 Å². The van der Waals surface area contributed by atoms with Crippen LogP contribution in [0.4, 0.5) is 27.6 Å². The second-order valence-electron chi connectivity index (χ2n) is 9.16. The minimum atomic E-state index is -4.14. The summed E-state index contributed by atoms with van der Waals surface area (Å²) < 4.78 is 65.2. The first-order valence-electron chi connectivity index (χ1n) is 11.2. The molecule has 7 heteroatoms. The predicted molar refractivity (Wildman–Crippen MR) is 115 cm³/mol. The van der Waals surface area contributed by atoms with Crippen LogP contribution in [-0.4, -0.2) is 49.7 Å². The number of halogens is 5. The summed E-state index contributed by atoms with van der Waals surface area (Å²) in [5.74, 6) is -2.58. The number of allylic oxidation sites excluding steroid dienone is 1. The Morgan fingerprint density at radius 2 is 1.81 bits per heavy atom. The third kappa shape index (κ3) is 6.43. The van der Waals surface area contributed by atoms with Gasteiger partial charge < -0.3 is 9.80 Å². The van der Waals surface area contributed by atoms with Gasteiger partial charge in [-0.25, -0.2) is 8.78 Å². The van der Waals surface area contributed by atoms with Crippen molar-refractivity contribution in [3.05, 3.63) is 41.5 Å². The quantitative estimate of drug-likeness (QED) is 0.352. The van der Waals surface area contributed by atoms with E-state index in [1.807, 2.05) is 28.0 Å². The SMILES string of the molecule is CCC=C(C)C1(Cc2cccc(N3CCC(F)(F)CC3)c2)CCN(CCC(F)(F)F)C1. The molecule has 1 aromatic rings. The molecule has 2 aliphatic heterocycles. The molecular weight excluding hydrogens is 411 g/mol. The van der Waals surface area contributed by atoms with Gasteiger partial charge in [0.05, 0.1) is 6.42 Å². The number of likely N-dealkylation sites (tertiary alicyclic amines) is 1. The number of piperidine rings is 1. The van der Waals surface area contributed by atoms with E-state index in [4.69, 9.17) is 0 Å². The van der Waals surface area contributed by atoms with Crippen molar-refractivity contribution in [1.29, 1.82) is 0 Å². The Morgan fingerprint density at radius 1 is 1.10 bits per heavy atom. The van der Waals surface area contributed by atoms with Gasteiger partial charge in [0.2, 0.25) is 0 Å². The minimum absolute atomic E-state index is 0.0344. The van der Waals surface area contributed by atoms with Crippen molar-refractivity contribution in [2.45, 2.75) is 64.5 Å². The molecule has 0 N–H and O–H groups in total. The Kier molecular flexibility index (Phi) is 7.34. The summed E-state index contributed by atoms with van der Waals surface area (Å²) in [5, 5.41) is 0. The van der Waals surface area contributed by atoms with E-state index in [-0.39, 0.29) is 24.8 Å². The van der Waals surface area contributed by atoms with E-state index < -0.39 is 18.5 Å². The second-order valence-corrected chi connectivity index (χ2v) is 9.16. The van der Waals surface area contributed by atoms with Gasteiger partial charge in [-0.1, -0.05) is 30.7 Å². The molecule has 0 amide bonds. The van der Waals surface area contributed by atoms with Gasteiger partial charge in [0.25, 0.3) is 5.92 Å². The largest absolute Gasteiger partial charge is 0.390 e. The normalized spacial score (nSPS) is 25.3. The molecule has 2 fully saturated rings. The molecule has 0 radical (unpaired) electrons. The number of alkyl halides is 5. The molecule has 0 saturated carbocycles. The van der Waals surface area contributed by atoms with Crippen molar-refractivity contribution in [2.24, 2.45) is 5.41 Å². The number of anilines is 1. The maximum Gasteiger partial charge on any atom is 0.390 e. The highest BCUT2D eigenvalue weighted by atomic mass is 19.4. The molecule has 2 saturated heterocycles. The number of hydrogen-bond acceptors (Lipinski definition) is 2. The Morgan fingerprint density at radius 3 is 2.45 bits per heavy atom. The summed E-state index contributed by atoms with van der Waals surface area (Å²) in [7, 11) is 0. The molecule has 0 bridgehead atoms. The lowest BCUT2D eigenvalue weighted by molar-refractivity contribution is -0.137. The van der Waals surface area contributed by atoms with Gasteiger partial charge >= 0.3 is 6.18 Å². The average molecular weight is 445 g/mol. The number of benzene rings is 1. The lowest BCUT2D eigenvalue weighted by atomic mass is 9.74. The van der Waals surface area contributed by atoms with E-state index in [0.717, 1.165) is 30.5 Å². The summed E-state index contributed by atoms with van der Waals surface area (Å²) >= 11 is 0. The standard InChI is InChI=1S/C24H33F5N2/c1-3-5-19(2)22(8-12-30(18-22)13-11-24(27,28)29)17-20-6-4-7-21(16-20)31-14-9-23(25,26)10-15-31/h4-7,16H,3,8-15,17-18H2,1-2H3. The molecule has 2 nitrogen and oxygen atoms in total. The lowest BCUT2D eigenvalue weighted by Gasteiger charge is -2.34. The van der Waals surface area contributed by atoms with E-state index in [2.05, 4.69) is 26.0 Å². The Balaban J connectivity index is 1.74. The fourth-order valence-electron chi connectivity index (χ4n) is 4.91. The molecule has 2 heterocycles. The third-order valence-corrected chi connectivity index (χ3v) is 6.80. The van der Waals surface area contributed by atoms with Crippen LogP contribution in [0.3, 0.4) is 0 Å². The zero-order chi connectivity index (χ0) is 22.7. The van der Waals surface area contributed by atoms with Crippen molar-refractivity contribution in [2.75, 3.05) is 37.6 Å². The third-order valence-electron chi connectivity index (χ3n) is 6.80. The van der Waals surface area contributed by atoms with Gasteiger partial charge in [0.15, 0.2) is 0 Å². The van der Waals surface area contributed by atoms with E-state index in [1.165, 1.54) is 5.57 Å². The van der Waals surface area contributed by atoms with Crippen LogP contribution in [-0.2, 0) is 6.42 Å². The van der Waals surface area contributed by atoms with Crippen molar-refractivity contribution in [3.63, 3.8) is 0 Å². The fraction of sp³-hybridized carbons (Fsp3) is 0.667. The zero-order valence-corrected chi connectivity index (χ0v) is 18.4. The van der Waals surface area contributed by atoms with Crippen molar-refractivity contribution in [1.82, 2.24) is 4.90 Å². The average Bonchev–Trinajstić information content (AvgIpc) is 3.11. The van der Waals surface area contributed by atoms with E-state index >= 15 is 0 Å². The fourth-order valence-corrected chi connectivity index (χ4v) is 4.91. The number of hydrogen-bond donors (Lipinski definition) is 0. The first-order chi connectivity index (χ1) is 14.5.